The Morgan fingerprint density at radius 3 is 2.96 bits per heavy atom. The van der Waals surface area contributed by atoms with E-state index < -0.39 is 10.0 Å². The lowest BCUT2D eigenvalue weighted by Gasteiger charge is -2.31. The topological polar surface area (TPSA) is 79.4 Å². The maximum absolute atomic E-state index is 13.1. The Kier molecular flexibility index (Phi) is 6.20. The summed E-state index contributed by atoms with van der Waals surface area (Å²) in [6, 6.07) is 4.97. The summed E-state index contributed by atoms with van der Waals surface area (Å²) in [7, 11) is -3.60. The van der Waals surface area contributed by atoms with Crippen LogP contribution in [-0.2, 0) is 21.4 Å². The van der Waals surface area contributed by atoms with Crippen LogP contribution in [0.3, 0.4) is 0 Å². The molecule has 2 aromatic rings. The number of hydrogen-bond donors (Lipinski definition) is 1. The van der Waals surface area contributed by atoms with Gasteiger partial charge in [-0.15, -0.1) is 11.3 Å². The number of sulfonamides is 1. The van der Waals surface area contributed by atoms with Crippen LogP contribution in [0.1, 0.15) is 41.9 Å². The second-order valence-electron chi connectivity index (χ2n) is 6.65. The van der Waals surface area contributed by atoms with E-state index in [0.717, 1.165) is 23.5 Å². The van der Waals surface area contributed by atoms with Crippen molar-refractivity contribution in [2.24, 2.45) is 0 Å². The third-order valence-corrected chi connectivity index (χ3v) is 8.13. The Bertz CT molecular complexity index is 943. The van der Waals surface area contributed by atoms with Gasteiger partial charge < -0.3 is 5.32 Å². The molecule has 0 radical (unpaired) electrons. The summed E-state index contributed by atoms with van der Waals surface area (Å²) in [5.74, 6) is -0.0412. The van der Waals surface area contributed by atoms with Crippen LogP contribution in [0.4, 0.5) is 0 Å². The zero-order valence-corrected chi connectivity index (χ0v) is 17.6. The van der Waals surface area contributed by atoms with Gasteiger partial charge in [-0.2, -0.15) is 4.31 Å². The number of rotatable bonds is 5. The molecule has 1 aromatic carbocycles. The Labute approximate surface area is 168 Å². The molecule has 1 N–H and O–H groups in total. The fourth-order valence-electron chi connectivity index (χ4n) is 3.17. The molecule has 1 saturated heterocycles. The van der Waals surface area contributed by atoms with Crippen LogP contribution in [0.15, 0.2) is 28.5 Å². The Hall–Kier alpha value is -1.48. The highest BCUT2D eigenvalue weighted by atomic mass is 35.5. The molecule has 146 valence electrons. The standard InChI is InChI=1S/C18H22ClN3O3S2/c1-12-16(19)6-3-7-17(12)27(24,25)22-8-4-5-14(10-22)18-21-15(11-26-18)9-20-13(2)23/h3,6-7,11,14H,4-5,8-10H2,1-2H3,(H,20,23)/t14-/m1/s1. The van der Waals surface area contributed by atoms with Crippen molar-refractivity contribution in [3.63, 3.8) is 0 Å². The van der Waals surface area contributed by atoms with Gasteiger partial charge in [0.1, 0.15) is 0 Å². The summed E-state index contributed by atoms with van der Waals surface area (Å²) in [6.07, 6.45) is 1.68. The summed E-state index contributed by atoms with van der Waals surface area (Å²) in [5.41, 5.74) is 1.38. The lowest BCUT2D eigenvalue weighted by Crippen LogP contribution is -2.39. The second-order valence-corrected chi connectivity index (χ2v) is 9.86. The van der Waals surface area contributed by atoms with Crippen molar-refractivity contribution in [1.29, 1.82) is 0 Å². The molecule has 27 heavy (non-hydrogen) atoms. The predicted molar refractivity (Wildman–Crippen MR) is 107 cm³/mol. The first-order valence-electron chi connectivity index (χ1n) is 8.73. The molecule has 1 aliphatic rings. The molecule has 1 amide bonds. The molecule has 0 aliphatic carbocycles. The maximum atomic E-state index is 13.1. The molecule has 6 nitrogen and oxygen atoms in total. The number of thiazole rings is 1. The van der Waals surface area contributed by atoms with Crippen molar-refractivity contribution >= 4 is 38.9 Å². The first-order chi connectivity index (χ1) is 12.8. The second kappa shape index (κ2) is 8.26. The summed E-state index contributed by atoms with van der Waals surface area (Å²) in [5, 5.41) is 6.01. The first-order valence-corrected chi connectivity index (χ1v) is 11.4. The summed E-state index contributed by atoms with van der Waals surface area (Å²) in [6.45, 7) is 4.49. The lowest BCUT2D eigenvalue weighted by atomic mass is 10.0. The number of nitrogens with one attached hydrogen (secondary N) is 1. The van der Waals surface area contributed by atoms with Gasteiger partial charge in [0.05, 0.1) is 22.1 Å². The van der Waals surface area contributed by atoms with Crippen molar-refractivity contribution < 1.29 is 13.2 Å². The third-order valence-electron chi connectivity index (χ3n) is 4.66. The SMILES string of the molecule is CC(=O)NCc1csc([C@@H]2CCCN(S(=O)(=O)c3cccc(Cl)c3C)C2)n1. The maximum Gasteiger partial charge on any atom is 0.243 e. The van der Waals surface area contributed by atoms with Crippen molar-refractivity contribution in [3.8, 4) is 0 Å². The molecular formula is C18H22ClN3O3S2. The van der Waals surface area contributed by atoms with E-state index in [4.69, 9.17) is 11.6 Å². The Balaban J connectivity index is 1.78. The lowest BCUT2D eigenvalue weighted by molar-refractivity contribution is -0.119. The van der Waals surface area contributed by atoms with Gasteiger partial charge in [-0.1, -0.05) is 17.7 Å². The van der Waals surface area contributed by atoms with Crippen LogP contribution in [0.5, 0.6) is 0 Å². The molecule has 1 aliphatic heterocycles. The molecule has 0 spiro atoms. The average Bonchev–Trinajstić information content (AvgIpc) is 3.11. The number of aromatic nitrogens is 1. The van der Waals surface area contributed by atoms with Crippen molar-refractivity contribution in [3.05, 3.63) is 44.9 Å². The van der Waals surface area contributed by atoms with E-state index >= 15 is 0 Å². The minimum Gasteiger partial charge on any atom is -0.351 e. The monoisotopic (exact) mass is 427 g/mol. The molecule has 0 saturated carbocycles. The molecule has 0 bridgehead atoms. The highest BCUT2D eigenvalue weighted by molar-refractivity contribution is 7.89. The number of carbonyl (C=O) groups is 1. The highest BCUT2D eigenvalue weighted by Gasteiger charge is 2.33. The predicted octanol–water partition coefficient (Wildman–Crippen LogP) is 3.31. The quantitative estimate of drug-likeness (QED) is 0.793. The van der Waals surface area contributed by atoms with Crippen LogP contribution >= 0.6 is 22.9 Å². The van der Waals surface area contributed by atoms with E-state index in [0.29, 0.717) is 30.2 Å². The summed E-state index contributed by atoms with van der Waals surface area (Å²) in [4.78, 5) is 15.9. The molecule has 1 fully saturated rings. The van der Waals surface area contributed by atoms with Gasteiger partial charge >= 0.3 is 0 Å². The van der Waals surface area contributed by atoms with Crippen molar-refractivity contribution in [2.45, 2.75) is 44.0 Å². The minimum absolute atomic E-state index is 0.0593. The summed E-state index contributed by atoms with van der Waals surface area (Å²) < 4.78 is 27.8. The molecular weight excluding hydrogens is 406 g/mol. The van der Waals surface area contributed by atoms with Gasteiger partial charge in [-0.3, -0.25) is 4.79 Å². The van der Waals surface area contributed by atoms with E-state index in [1.54, 1.807) is 25.1 Å². The number of hydrogen-bond acceptors (Lipinski definition) is 5. The molecule has 1 atom stereocenters. The van der Waals surface area contributed by atoms with E-state index in [9.17, 15) is 13.2 Å². The van der Waals surface area contributed by atoms with E-state index in [-0.39, 0.29) is 16.7 Å². The smallest absolute Gasteiger partial charge is 0.243 e. The van der Waals surface area contributed by atoms with Gasteiger partial charge in [0.15, 0.2) is 0 Å². The van der Waals surface area contributed by atoms with E-state index in [2.05, 4.69) is 10.3 Å². The highest BCUT2D eigenvalue weighted by Crippen LogP contribution is 2.33. The number of nitrogens with zero attached hydrogens (tertiary/aromatic N) is 2. The van der Waals surface area contributed by atoms with Crippen LogP contribution < -0.4 is 5.32 Å². The largest absolute Gasteiger partial charge is 0.351 e. The van der Waals surface area contributed by atoms with Gasteiger partial charge in [-0.25, -0.2) is 13.4 Å². The van der Waals surface area contributed by atoms with Crippen molar-refractivity contribution in [1.82, 2.24) is 14.6 Å². The molecule has 3 rings (SSSR count). The summed E-state index contributed by atoms with van der Waals surface area (Å²) >= 11 is 7.63. The van der Waals surface area contributed by atoms with Crippen LogP contribution in [0.25, 0.3) is 0 Å². The number of carbonyl (C=O) groups excluding carboxylic acids is 1. The van der Waals surface area contributed by atoms with Crippen molar-refractivity contribution in [2.75, 3.05) is 13.1 Å². The molecule has 0 unspecified atom stereocenters. The number of piperidine rings is 1. The zero-order chi connectivity index (χ0) is 19.6. The molecule has 1 aromatic heterocycles. The molecule has 2 heterocycles. The van der Waals surface area contributed by atoms with E-state index in [1.165, 1.54) is 22.6 Å². The van der Waals surface area contributed by atoms with Gasteiger partial charge in [0.25, 0.3) is 0 Å². The molecule has 9 heteroatoms. The van der Waals surface area contributed by atoms with Gasteiger partial charge in [0, 0.05) is 36.3 Å². The zero-order valence-electron chi connectivity index (χ0n) is 15.2. The van der Waals surface area contributed by atoms with Crippen LogP contribution in [-0.4, -0.2) is 36.7 Å². The van der Waals surface area contributed by atoms with E-state index in [1.807, 2.05) is 5.38 Å². The number of halogens is 1. The number of benzene rings is 1. The van der Waals surface area contributed by atoms with Gasteiger partial charge in [0.2, 0.25) is 15.9 Å². The van der Waals surface area contributed by atoms with Crippen LogP contribution in [0.2, 0.25) is 5.02 Å². The average molecular weight is 428 g/mol. The Morgan fingerprint density at radius 1 is 1.44 bits per heavy atom. The minimum atomic E-state index is -3.60. The normalized spacial score (nSPS) is 18.4. The number of amides is 1. The van der Waals surface area contributed by atoms with Gasteiger partial charge in [-0.05, 0) is 37.5 Å². The first kappa shape index (κ1) is 20.3. The fourth-order valence-corrected chi connectivity index (χ4v) is 6.12. The Morgan fingerprint density at radius 2 is 2.22 bits per heavy atom. The van der Waals surface area contributed by atoms with Crippen LogP contribution in [0, 0.1) is 6.92 Å². The third kappa shape index (κ3) is 4.51. The fraction of sp³-hybridized carbons (Fsp3) is 0.444.